The molecule has 1 unspecified atom stereocenters. The second kappa shape index (κ2) is 6.29. The number of hydrogen-bond acceptors (Lipinski definition) is 3. The van der Waals surface area contributed by atoms with Crippen LogP contribution in [-0.2, 0) is 6.42 Å². The summed E-state index contributed by atoms with van der Waals surface area (Å²) in [5.41, 5.74) is 4.74. The van der Waals surface area contributed by atoms with Gasteiger partial charge in [0.25, 0.3) is 0 Å². The highest BCUT2D eigenvalue weighted by Crippen LogP contribution is 2.25. The molecule has 0 radical (unpaired) electrons. The third-order valence-electron chi connectivity index (χ3n) is 2.62. The van der Waals surface area contributed by atoms with E-state index in [0.29, 0.717) is 6.42 Å². The van der Waals surface area contributed by atoms with Crippen LogP contribution in [-0.4, -0.2) is 0 Å². The number of nitrogens with one attached hydrogen (secondary N) is 1. The van der Waals surface area contributed by atoms with Crippen LogP contribution in [0.2, 0.25) is 5.02 Å². The number of thiophene rings is 1. The smallest absolute Gasteiger partial charge is 0.142 e. The van der Waals surface area contributed by atoms with Gasteiger partial charge in [0.05, 0.1) is 13.9 Å². The fraction of sp³-hybridized carbons (Fsp3) is 0.167. The van der Waals surface area contributed by atoms with E-state index < -0.39 is 5.82 Å². The third-order valence-corrected chi connectivity index (χ3v) is 4.73. The van der Waals surface area contributed by atoms with Crippen molar-refractivity contribution in [2.45, 2.75) is 12.5 Å². The molecule has 18 heavy (non-hydrogen) atoms. The number of nitrogens with two attached hydrogens (primary N) is 1. The Labute approximate surface area is 127 Å². The van der Waals surface area contributed by atoms with Gasteiger partial charge in [0, 0.05) is 0 Å². The Morgan fingerprint density at radius 1 is 1.44 bits per heavy atom. The molecule has 1 aromatic heterocycles. The summed E-state index contributed by atoms with van der Waals surface area (Å²) in [6.07, 6.45) is 0.622. The molecule has 0 aliphatic heterocycles. The van der Waals surface area contributed by atoms with Crippen LogP contribution in [0.5, 0.6) is 0 Å². The van der Waals surface area contributed by atoms with E-state index in [0.717, 1.165) is 11.1 Å². The standard InChI is InChI=1S/C12H11ClFIN2S/c13-9-2-1-7(3-10(9)14)4-11(17-16)8-5-12(15)18-6-8/h1-3,5-6,11,17H,4,16H2. The van der Waals surface area contributed by atoms with E-state index in [-0.39, 0.29) is 11.1 Å². The fourth-order valence-corrected chi connectivity index (χ4v) is 3.23. The van der Waals surface area contributed by atoms with Crippen LogP contribution in [0.4, 0.5) is 4.39 Å². The molecule has 1 aromatic carbocycles. The van der Waals surface area contributed by atoms with Crippen LogP contribution in [0.1, 0.15) is 17.2 Å². The van der Waals surface area contributed by atoms with E-state index in [4.69, 9.17) is 17.4 Å². The molecule has 2 aromatic rings. The summed E-state index contributed by atoms with van der Waals surface area (Å²) in [7, 11) is 0. The molecule has 0 spiro atoms. The highest BCUT2D eigenvalue weighted by Gasteiger charge is 2.13. The summed E-state index contributed by atoms with van der Waals surface area (Å²) in [4.78, 5) is 0. The van der Waals surface area contributed by atoms with E-state index in [1.165, 1.54) is 8.95 Å². The van der Waals surface area contributed by atoms with Crippen LogP contribution in [0.3, 0.4) is 0 Å². The van der Waals surface area contributed by atoms with Crippen molar-refractivity contribution in [2.24, 2.45) is 5.84 Å². The lowest BCUT2D eigenvalue weighted by atomic mass is 10.0. The monoisotopic (exact) mass is 396 g/mol. The van der Waals surface area contributed by atoms with E-state index in [1.807, 2.05) is 6.07 Å². The van der Waals surface area contributed by atoms with Gasteiger partial charge in [-0.3, -0.25) is 11.3 Å². The lowest BCUT2D eigenvalue weighted by Crippen LogP contribution is -2.29. The average molecular weight is 397 g/mol. The Kier molecular flexibility index (Phi) is 4.97. The SMILES string of the molecule is NNC(Cc1ccc(Cl)c(F)c1)c1csc(I)c1. The minimum atomic E-state index is -0.398. The van der Waals surface area contributed by atoms with Gasteiger partial charge in [0.15, 0.2) is 0 Å². The van der Waals surface area contributed by atoms with Gasteiger partial charge in [0.1, 0.15) is 5.82 Å². The van der Waals surface area contributed by atoms with Crippen LogP contribution < -0.4 is 11.3 Å². The Balaban J connectivity index is 2.17. The average Bonchev–Trinajstić information content (AvgIpc) is 2.77. The molecule has 1 atom stereocenters. The molecule has 0 bridgehead atoms. The van der Waals surface area contributed by atoms with E-state index in [1.54, 1.807) is 17.4 Å². The molecule has 2 nitrogen and oxygen atoms in total. The van der Waals surface area contributed by atoms with Crippen molar-refractivity contribution in [3.8, 4) is 0 Å². The van der Waals surface area contributed by atoms with Crippen LogP contribution in [0, 0.1) is 8.70 Å². The number of benzene rings is 1. The van der Waals surface area contributed by atoms with E-state index in [2.05, 4.69) is 39.5 Å². The fourth-order valence-electron chi connectivity index (χ4n) is 1.68. The molecular weight excluding hydrogens is 386 g/mol. The molecular formula is C12H11ClFIN2S. The minimum absolute atomic E-state index is 0.0228. The number of hydrogen-bond donors (Lipinski definition) is 2. The molecule has 0 aliphatic rings. The first-order chi connectivity index (χ1) is 8.60. The van der Waals surface area contributed by atoms with Crippen molar-refractivity contribution in [2.75, 3.05) is 0 Å². The largest absolute Gasteiger partial charge is 0.271 e. The number of halogens is 3. The van der Waals surface area contributed by atoms with E-state index >= 15 is 0 Å². The van der Waals surface area contributed by atoms with Crippen molar-refractivity contribution in [1.82, 2.24) is 5.43 Å². The molecule has 0 saturated heterocycles. The van der Waals surface area contributed by atoms with Gasteiger partial charge in [0.2, 0.25) is 0 Å². The van der Waals surface area contributed by atoms with Crippen molar-refractivity contribution < 1.29 is 4.39 Å². The van der Waals surface area contributed by atoms with Gasteiger partial charge < -0.3 is 0 Å². The molecule has 96 valence electrons. The zero-order valence-electron chi connectivity index (χ0n) is 9.29. The van der Waals surface area contributed by atoms with Crippen molar-refractivity contribution in [1.29, 1.82) is 0 Å². The Morgan fingerprint density at radius 3 is 2.78 bits per heavy atom. The second-order valence-electron chi connectivity index (χ2n) is 3.86. The van der Waals surface area contributed by atoms with Gasteiger partial charge >= 0.3 is 0 Å². The predicted molar refractivity (Wildman–Crippen MR) is 82.2 cm³/mol. The quantitative estimate of drug-likeness (QED) is 0.467. The first kappa shape index (κ1) is 14.2. The lowest BCUT2D eigenvalue weighted by Gasteiger charge is -2.14. The summed E-state index contributed by atoms with van der Waals surface area (Å²) < 4.78 is 14.6. The van der Waals surface area contributed by atoms with Crippen LogP contribution in [0.15, 0.2) is 29.6 Å². The first-order valence-corrected chi connectivity index (χ1v) is 7.58. The molecule has 3 N–H and O–H groups in total. The lowest BCUT2D eigenvalue weighted by molar-refractivity contribution is 0.550. The second-order valence-corrected chi connectivity index (χ2v) is 7.07. The summed E-state index contributed by atoms with van der Waals surface area (Å²) in [6.45, 7) is 0. The highest BCUT2D eigenvalue weighted by atomic mass is 127. The van der Waals surface area contributed by atoms with Gasteiger partial charge in [-0.05, 0) is 63.7 Å². The van der Waals surface area contributed by atoms with Crippen LogP contribution in [0.25, 0.3) is 0 Å². The maximum absolute atomic E-state index is 13.4. The maximum atomic E-state index is 13.4. The Morgan fingerprint density at radius 2 is 2.22 bits per heavy atom. The number of rotatable bonds is 4. The van der Waals surface area contributed by atoms with E-state index in [9.17, 15) is 4.39 Å². The Bertz CT molecular complexity index is 547. The molecule has 0 amide bonds. The first-order valence-electron chi connectivity index (χ1n) is 5.24. The van der Waals surface area contributed by atoms with Crippen molar-refractivity contribution >= 4 is 45.5 Å². The number of hydrazine groups is 1. The molecule has 0 fully saturated rings. The third kappa shape index (κ3) is 3.42. The van der Waals surface area contributed by atoms with Gasteiger partial charge in [-0.2, -0.15) is 0 Å². The molecule has 0 aliphatic carbocycles. The molecule has 1 heterocycles. The molecule has 0 saturated carbocycles. The molecule has 2 rings (SSSR count). The van der Waals surface area contributed by atoms with Crippen molar-refractivity contribution in [3.63, 3.8) is 0 Å². The summed E-state index contributed by atoms with van der Waals surface area (Å²) >= 11 is 9.58. The van der Waals surface area contributed by atoms with Gasteiger partial charge in [-0.15, -0.1) is 11.3 Å². The van der Waals surface area contributed by atoms with Gasteiger partial charge in [-0.25, -0.2) is 4.39 Å². The summed E-state index contributed by atoms with van der Waals surface area (Å²) in [5.74, 6) is 5.16. The summed E-state index contributed by atoms with van der Waals surface area (Å²) in [6, 6.07) is 6.88. The van der Waals surface area contributed by atoms with Gasteiger partial charge in [-0.1, -0.05) is 17.7 Å². The zero-order valence-corrected chi connectivity index (χ0v) is 13.0. The highest BCUT2D eigenvalue weighted by molar-refractivity contribution is 14.1. The maximum Gasteiger partial charge on any atom is 0.142 e. The zero-order chi connectivity index (χ0) is 13.1. The Hall–Kier alpha value is -0.210. The normalized spacial score (nSPS) is 12.7. The predicted octanol–water partition coefficient (Wildman–Crippen LogP) is 3.89. The minimum Gasteiger partial charge on any atom is -0.271 e. The van der Waals surface area contributed by atoms with Crippen LogP contribution >= 0.6 is 45.5 Å². The molecule has 6 heteroatoms. The summed E-state index contributed by atoms with van der Waals surface area (Å²) in [5, 5.41) is 2.19. The van der Waals surface area contributed by atoms with Crippen molar-refractivity contribution in [3.05, 3.63) is 54.5 Å². The topological polar surface area (TPSA) is 38.0 Å².